The summed E-state index contributed by atoms with van der Waals surface area (Å²) in [6.45, 7) is -0.561. The van der Waals surface area contributed by atoms with Crippen LogP contribution in [-0.4, -0.2) is 22.0 Å². The Morgan fingerprint density at radius 1 is 1.32 bits per heavy atom. The van der Waals surface area contributed by atoms with Gasteiger partial charge in [0, 0.05) is 10.0 Å². The van der Waals surface area contributed by atoms with Crippen LogP contribution in [-0.2, 0) is 6.54 Å². The summed E-state index contributed by atoms with van der Waals surface area (Å²) >= 11 is 12.7. The van der Waals surface area contributed by atoms with Crippen LogP contribution in [0.1, 0.15) is 15.9 Å². The average molecular weight is 494 g/mol. The molecule has 2 aromatic carbocycles. The van der Waals surface area contributed by atoms with Crippen LogP contribution in [0.3, 0.4) is 0 Å². The van der Waals surface area contributed by atoms with Gasteiger partial charge >= 0.3 is 0 Å². The molecule has 0 aliphatic heterocycles. The van der Waals surface area contributed by atoms with Gasteiger partial charge in [0.25, 0.3) is 0 Å². The minimum absolute atomic E-state index is 0.0265. The number of hydrogen-bond acceptors (Lipinski definition) is 3. The van der Waals surface area contributed by atoms with E-state index in [0.717, 1.165) is 6.07 Å². The minimum atomic E-state index is -0.607. The minimum Gasteiger partial charge on any atom is -0.369 e. The van der Waals surface area contributed by atoms with Crippen LogP contribution in [0.2, 0.25) is 5.02 Å². The Labute approximate surface area is 163 Å². The number of ketones is 1. The molecule has 0 spiro atoms. The average Bonchev–Trinajstić information content (AvgIpc) is 2.87. The molecule has 0 radical (unpaired) electrons. The van der Waals surface area contributed by atoms with Crippen molar-refractivity contribution in [2.45, 2.75) is 6.54 Å². The van der Waals surface area contributed by atoms with E-state index in [1.54, 1.807) is 6.07 Å². The molecule has 9 heteroatoms. The maximum Gasteiger partial charge on any atom is 0.201 e. The molecule has 1 aromatic heterocycles. The van der Waals surface area contributed by atoms with Crippen LogP contribution >= 0.6 is 43.5 Å². The van der Waals surface area contributed by atoms with Gasteiger partial charge in [-0.15, -0.1) is 0 Å². The van der Waals surface area contributed by atoms with E-state index in [9.17, 15) is 13.6 Å². The molecule has 0 bridgehead atoms. The summed E-state index contributed by atoms with van der Waals surface area (Å²) in [6, 6.07) is 5.19. The Morgan fingerprint density at radius 3 is 2.72 bits per heavy atom. The first-order chi connectivity index (χ1) is 11.8. The van der Waals surface area contributed by atoms with Gasteiger partial charge in [-0.1, -0.05) is 11.6 Å². The second kappa shape index (κ2) is 7.01. The highest BCUT2D eigenvalue weighted by atomic mass is 79.9. The molecule has 0 saturated carbocycles. The quantitative estimate of drug-likeness (QED) is 0.513. The predicted molar refractivity (Wildman–Crippen MR) is 100 cm³/mol. The number of rotatable bonds is 4. The zero-order valence-corrected chi connectivity index (χ0v) is 16.4. The van der Waals surface area contributed by atoms with E-state index in [-0.39, 0.29) is 28.6 Å². The van der Waals surface area contributed by atoms with Crippen LogP contribution in [0.4, 0.5) is 14.7 Å². The molecule has 0 aliphatic rings. The number of halogens is 5. The number of nitrogens with two attached hydrogens (primary N) is 1. The molecule has 1 heterocycles. The SMILES string of the molecule is Nc1nc2c(Br)c(C(=O)c3cc(F)ccc3Cl)c(Br)cc2n1CCF. The molecule has 4 nitrogen and oxygen atoms in total. The zero-order valence-electron chi connectivity index (χ0n) is 12.5. The van der Waals surface area contributed by atoms with Crippen molar-refractivity contribution in [2.24, 2.45) is 0 Å². The van der Waals surface area contributed by atoms with Crippen LogP contribution in [0.15, 0.2) is 33.2 Å². The molecule has 130 valence electrons. The molecule has 0 unspecified atom stereocenters. The van der Waals surface area contributed by atoms with E-state index >= 15 is 0 Å². The number of alkyl halides is 1. The molecule has 3 rings (SSSR count). The molecule has 25 heavy (non-hydrogen) atoms. The summed E-state index contributed by atoms with van der Waals surface area (Å²) in [5.41, 5.74) is 7.06. The first kappa shape index (κ1) is 18.3. The number of aryl methyl sites for hydroxylation is 1. The first-order valence-electron chi connectivity index (χ1n) is 7.04. The normalized spacial score (nSPS) is 11.2. The largest absolute Gasteiger partial charge is 0.369 e. The maximum atomic E-state index is 13.5. The second-order valence-electron chi connectivity index (χ2n) is 5.18. The van der Waals surface area contributed by atoms with Crippen LogP contribution in [0.25, 0.3) is 11.0 Å². The van der Waals surface area contributed by atoms with Crippen molar-refractivity contribution in [3.05, 3.63) is 55.2 Å². The third kappa shape index (κ3) is 3.18. The summed E-state index contributed by atoms with van der Waals surface area (Å²) in [6.07, 6.45) is 0. The number of imidazole rings is 1. The molecule has 3 aromatic rings. The smallest absolute Gasteiger partial charge is 0.201 e. The Kier molecular flexibility index (Phi) is 5.13. The van der Waals surface area contributed by atoms with E-state index < -0.39 is 18.3 Å². The van der Waals surface area contributed by atoms with Crippen molar-refractivity contribution in [1.82, 2.24) is 9.55 Å². The monoisotopic (exact) mass is 491 g/mol. The van der Waals surface area contributed by atoms with Gasteiger partial charge in [0.15, 0.2) is 5.78 Å². The van der Waals surface area contributed by atoms with Gasteiger partial charge in [-0.25, -0.2) is 13.8 Å². The lowest BCUT2D eigenvalue weighted by molar-refractivity contribution is 0.103. The number of carbonyl (C=O) groups excluding carboxylic acids is 1. The predicted octanol–water partition coefficient (Wildman–Crippen LogP) is 5.14. The summed E-state index contributed by atoms with van der Waals surface area (Å²) in [4.78, 5) is 17.1. The Hall–Kier alpha value is -1.51. The number of nitrogens with zero attached hydrogens (tertiary/aromatic N) is 2. The molecule has 0 atom stereocenters. The Bertz CT molecular complexity index is 1010. The number of nitrogen functional groups attached to an aromatic ring is 1. The Balaban J connectivity index is 2.23. The van der Waals surface area contributed by atoms with Gasteiger partial charge in [0.1, 0.15) is 18.0 Å². The van der Waals surface area contributed by atoms with E-state index in [1.165, 1.54) is 16.7 Å². The lowest BCUT2D eigenvalue weighted by Crippen LogP contribution is -2.07. The lowest BCUT2D eigenvalue weighted by Gasteiger charge is -2.10. The lowest BCUT2D eigenvalue weighted by atomic mass is 10.0. The highest BCUT2D eigenvalue weighted by Gasteiger charge is 2.24. The molecule has 0 saturated heterocycles. The highest BCUT2D eigenvalue weighted by molar-refractivity contribution is 9.11. The number of fused-ring (bicyclic) bond motifs is 1. The van der Waals surface area contributed by atoms with Crippen molar-refractivity contribution in [2.75, 3.05) is 12.4 Å². The molecule has 2 N–H and O–H groups in total. The topological polar surface area (TPSA) is 60.9 Å². The summed E-state index contributed by atoms with van der Waals surface area (Å²) in [5.74, 6) is -0.921. The molecular formula is C16H10Br2ClF2N3O. The van der Waals surface area contributed by atoms with Crippen molar-refractivity contribution in [3.8, 4) is 0 Å². The van der Waals surface area contributed by atoms with E-state index in [4.69, 9.17) is 17.3 Å². The van der Waals surface area contributed by atoms with Gasteiger partial charge in [-0.05, 0) is 56.1 Å². The van der Waals surface area contributed by atoms with Gasteiger partial charge in [0.2, 0.25) is 5.95 Å². The molecular weight excluding hydrogens is 483 g/mol. The van der Waals surface area contributed by atoms with Crippen LogP contribution in [0.5, 0.6) is 0 Å². The molecule has 0 amide bonds. The maximum absolute atomic E-state index is 13.5. The number of carbonyl (C=O) groups is 1. The third-order valence-corrected chi connectivity index (χ3v) is 5.40. The number of hydrogen-bond donors (Lipinski definition) is 1. The number of benzene rings is 2. The fraction of sp³-hybridized carbons (Fsp3) is 0.125. The Morgan fingerprint density at radius 2 is 2.04 bits per heavy atom. The van der Waals surface area contributed by atoms with Crippen LogP contribution in [0, 0.1) is 5.82 Å². The van der Waals surface area contributed by atoms with E-state index in [2.05, 4.69) is 36.8 Å². The van der Waals surface area contributed by atoms with Gasteiger partial charge < -0.3 is 10.3 Å². The van der Waals surface area contributed by atoms with Crippen molar-refractivity contribution >= 4 is 66.2 Å². The van der Waals surface area contributed by atoms with E-state index in [1.807, 2.05) is 0 Å². The van der Waals surface area contributed by atoms with Crippen molar-refractivity contribution < 1.29 is 13.6 Å². The molecule has 0 fully saturated rings. The molecule has 0 aliphatic carbocycles. The first-order valence-corrected chi connectivity index (χ1v) is 9.01. The van der Waals surface area contributed by atoms with Gasteiger partial charge in [-0.2, -0.15) is 0 Å². The van der Waals surface area contributed by atoms with Gasteiger partial charge in [0.05, 0.1) is 27.1 Å². The highest BCUT2D eigenvalue weighted by Crippen LogP contribution is 2.36. The number of aromatic nitrogens is 2. The van der Waals surface area contributed by atoms with Crippen molar-refractivity contribution in [1.29, 1.82) is 0 Å². The summed E-state index contributed by atoms with van der Waals surface area (Å²) in [5, 5.41) is 0.132. The van der Waals surface area contributed by atoms with Crippen molar-refractivity contribution in [3.63, 3.8) is 0 Å². The zero-order chi connectivity index (χ0) is 18.3. The second-order valence-corrected chi connectivity index (χ2v) is 7.23. The standard InChI is InChI=1S/C16H10Br2ClF2N3O/c17-9-6-11-14(23-16(22)24(11)4-3-20)13(18)12(9)15(25)8-5-7(21)1-2-10(8)19/h1-2,5-6H,3-4H2,(H2,22,23). The summed E-state index contributed by atoms with van der Waals surface area (Å²) in [7, 11) is 0. The fourth-order valence-corrected chi connectivity index (χ4v) is 4.29. The van der Waals surface area contributed by atoms with Crippen LogP contribution < -0.4 is 5.73 Å². The fourth-order valence-electron chi connectivity index (χ4n) is 2.54. The van der Waals surface area contributed by atoms with E-state index in [0.29, 0.717) is 20.0 Å². The third-order valence-electron chi connectivity index (χ3n) is 3.67. The number of anilines is 1. The van der Waals surface area contributed by atoms with Gasteiger partial charge in [-0.3, -0.25) is 4.79 Å². The summed E-state index contributed by atoms with van der Waals surface area (Å²) < 4.78 is 28.6.